The van der Waals surface area contributed by atoms with Gasteiger partial charge in [0.25, 0.3) is 0 Å². The van der Waals surface area contributed by atoms with Gasteiger partial charge in [-0.25, -0.2) is 4.79 Å². The van der Waals surface area contributed by atoms with E-state index in [0.29, 0.717) is 22.2 Å². The van der Waals surface area contributed by atoms with E-state index in [1.54, 1.807) is 42.5 Å². The zero-order valence-corrected chi connectivity index (χ0v) is 17.5. The molecule has 0 radical (unpaired) electrons. The van der Waals surface area contributed by atoms with Crippen LogP contribution in [0.5, 0.6) is 17.4 Å². The molecule has 33 heavy (non-hydrogen) atoms. The molecule has 1 aliphatic rings. The van der Waals surface area contributed by atoms with Crippen molar-refractivity contribution in [2.45, 2.75) is 6.23 Å². The molecule has 10 heteroatoms. The van der Waals surface area contributed by atoms with Gasteiger partial charge in [-0.3, -0.25) is 9.36 Å². The number of amides is 1. The van der Waals surface area contributed by atoms with Crippen LogP contribution in [0.3, 0.4) is 0 Å². The monoisotopic (exact) mass is 447 g/mol. The highest BCUT2D eigenvalue weighted by molar-refractivity contribution is 6.00. The summed E-state index contributed by atoms with van der Waals surface area (Å²) in [7, 11) is 2.89. The number of furan rings is 1. The largest absolute Gasteiger partial charge is 0.493 e. The minimum absolute atomic E-state index is 0.0154. The van der Waals surface area contributed by atoms with Crippen LogP contribution in [0.25, 0.3) is 10.9 Å². The highest BCUT2D eigenvalue weighted by Crippen LogP contribution is 2.48. The quantitative estimate of drug-likeness (QED) is 0.350. The van der Waals surface area contributed by atoms with E-state index in [2.05, 4.69) is 10.2 Å². The van der Waals surface area contributed by atoms with Crippen molar-refractivity contribution in [2.75, 3.05) is 14.2 Å². The molecule has 10 nitrogen and oxygen atoms in total. The average molecular weight is 447 g/mol. The maximum Gasteiger partial charge on any atom is 0.344 e. The summed E-state index contributed by atoms with van der Waals surface area (Å²) in [6.07, 6.45) is 0.350. The van der Waals surface area contributed by atoms with E-state index in [1.807, 2.05) is 0 Å². The van der Waals surface area contributed by atoms with E-state index in [9.17, 15) is 14.7 Å². The molecule has 0 saturated carbocycles. The minimum atomic E-state index is -0.998. The Morgan fingerprint density at radius 1 is 1.09 bits per heavy atom. The van der Waals surface area contributed by atoms with Crippen molar-refractivity contribution in [1.29, 1.82) is 0 Å². The third-order valence-corrected chi connectivity index (χ3v) is 5.33. The number of benzene rings is 2. The number of hydrogen-bond acceptors (Lipinski definition) is 8. The molecule has 166 valence electrons. The van der Waals surface area contributed by atoms with Crippen molar-refractivity contribution < 1.29 is 33.3 Å². The Labute approximate surface area is 186 Å². The topological polar surface area (TPSA) is 125 Å². The van der Waals surface area contributed by atoms with Crippen molar-refractivity contribution in [3.63, 3.8) is 0 Å². The Balaban J connectivity index is 1.65. The van der Waals surface area contributed by atoms with Crippen LogP contribution < -0.4 is 9.47 Å². The number of methoxy groups -OCH3 is 2. The predicted molar refractivity (Wildman–Crippen MR) is 114 cm³/mol. The van der Waals surface area contributed by atoms with E-state index in [4.69, 9.17) is 18.6 Å². The van der Waals surface area contributed by atoms with Gasteiger partial charge in [-0.15, -0.1) is 10.2 Å². The normalized spacial score (nSPS) is 15.1. The summed E-state index contributed by atoms with van der Waals surface area (Å²) in [6.45, 7) is 0. The molecule has 4 aromatic rings. The molecule has 0 spiro atoms. The van der Waals surface area contributed by atoms with Crippen molar-refractivity contribution in [1.82, 2.24) is 4.57 Å². The molecule has 1 N–H and O–H groups in total. The number of carbonyl (C=O) groups is 2. The fraction of sp³-hybridized carbons (Fsp3) is 0.130. The Kier molecular flexibility index (Phi) is 4.82. The number of aromatic nitrogens is 1. The number of fused-ring (bicyclic) bond motifs is 2. The first-order valence-electron chi connectivity index (χ1n) is 9.82. The number of aromatic hydroxyl groups is 1. The summed E-state index contributed by atoms with van der Waals surface area (Å²) in [5.74, 6) is -1.03. The second-order valence-corrected chi connectivity index (χ2v) is 7.06. The van der Waals surface area contributed by atoms with Crippen molar-refractivity contribution in [2.24, 2.45) is 10.2 Å². The van der Waals surface area contributed by atoms with Crippen molar-refractivity contribution in [3.8, 4) is 17.4 Å². The lowest BCUT2D eigenvalue weighted by atomic mass is 10.1. The molecule has 1 aliphatic heterocycles. The second kappa shape index (κ2) is 7.83. The van der Waals surface area contributed by atoms with Gasteiger partial charge in [-0.1, -0.05) is 18.2 Å². The Morgan fingerprint density at radius 2 is 1.91 bits per heavy atom. The van der Waals surface area contributed by atoms with E-state index in [0.717, 1.165) is 0 Å². The third kappa shape index (κ3) is 3.11. The van der Waals surface area contributed by atoms with Crippen LogP contribution in [0.2, 0.25) is 0 Å². The fourth-order valence-electron chi connectivity index (χ4n) is 3.89. The maximum absolute atomic E-state index is 12.7. The molecule has 0 fully saturated rings. The Bertz CT molecular complexity index is 1420. The molecule has 0 saturated heterocycles. The fourth-order valence-corrected chi connectivity index (χ4v) is 3.89. The van der Waals surface area contributed by atoms with Gasteiger partial charge in [-0.2, -0.15) is 0 Å². The minimum Gasteiger partial charge on any atom is -0.493 e. The van der Waals surface area contributed by atoms with Gasteiger partial charge in [0.05, 0.1) is 26.0 Å². The smallest absolute Gasteiger partial charge is 0.344 e. The van der Waals surface area contributed by atoms with Gasteiger partial charge in [0, 0.05) is 10.9 Å². The van der Waals surface area contributed by atoms with Crippen molar-refractivity contribution in [3.05, 3.63) is 71.7 Å². The van der Waals surface area contributed by atoms with Crippen molar-refractivity contribution >= 4 is 28.5 Å². The number of hydrogen-bond donors (Lipinski definition) is 1. The Morgan fingerprint density at radius 3 is 2.64 bits per heavy atom. The second-order valence-electron chi connectivity index (χ2n) is 7.06. The van der Waals surface area contributed by atoms with Gasteiger partial charge < -0.3 is 23.7 Å². The van der Waals surface area contributed by atoms with Crippen LogP contribution in [-0.4, -0.2) is 35.8 Å². The molecule has 1 atom stereocenters. The molecule has 1 amide bonds. The number of azo groups is 1. The third-order valence-electron chi connectivity index (χ3n) is 5.33. The highest BCUT2D eigenvalue weighted by atomic mass is 16.6. The Hall–Kier alpha value is -4.60. The number of cyclic esters (lactones) is 1. The summed E-state index contributed by atoms with van der Waals surface area (Å²) >= 11 is 0. The van der Waals surface area contributed by atoms with Crippen LogP contribution in [0.1, 0.15) is 32.7 Å². The van der Waals surface area contributed by atoms with E-state index in [-0.39, 0.29) is 28.6 Å². The molecule has 3 heterocycles. The van der Waals surface area contributed by atoms with Crippen LogP contribution in [0, 0.1) is 0 Å². The standard InChI is InChI=1S/C23H17N3O7/c1-30-15-10-9-13-17(19(15)31-2)23(29)33-22(13)26-14-7-4-3-6-12(14)18(21(26)28)24-25-20(27)16-8-5-11-32-16/h3-11,22,28H,1-2H3. The van der Waals surface area contributed by atoms with Crippen LogP contribution >= 0.6 is 0 Å². The van der Waals surface area contributed by atoms with Gasteiger partial charge in [-0.05, 0) is 30.3 Å². The zero-order valence-electron chi connectivity index (χ0n) is 17.5. The number of carbonyl (C=O) groups excluding carboxylic acids is 2. The summed E-state index contributed by atoms with van der Waals surface area (Å²) in [5, 5.41) is 19.2. The lowest BCUT2D eigenvalue weighted by Gasteiger charge is -2.16. The van der Waals surface area contributed by atoms with Gasteiger partial charge in [0.15, 0.2) is 22.9 Å². The first-order chi connectivity index (χ1) is 16.0. The van der Waals surface area contributed by atoms with E-state index in [1.165, 1.54) is 31.1 Å². The van der Waals surface area contributed by atoms with Crippen LogP contribution in [0.4, 0.5) is 5.69 Å². The lowest BCUT2D eigenvalue weighted by Crippen LogP contribution is -2.09. The molecule has 5 rings (SSSR count). The average Bonchev–Trinajstić information content (AvgIpc) is 3.54. The maximum atomic E-state index is 12.7. The molecule has 0 bridgehead atoms. The SMILES string of the molecule is COc1ccc2c(c1OC)C(=O)OC2n1c(O)c(N=NC(=O)c2ccco2)c2ccccc21. The molecule has 1 unspecified atom stereocenters. The number of nitrogens with zero attached hydrogens (tertiary/aromatic N) is 3. The van der Waals surface area contributed by atoms with Gasteiger partial charge >= 0.3 is 11.9 Å². The summed E-state index contributed by atoms with van der Waals surface area (Å²) in [4.78, 5) is 24.9. The molecule has 2 aromatic carbocycles. The van der Waals surface area contributed by atoms with Gasteiger partial charge in [0.1, 0.15) is 5.56 Å². The highest BCUT2D eigenvalue weighted by Gasteiger charge is 2.39. The zero-order chi connectivity index (χ0) is 23.1. The molecule has 0 aliphatic carbocycles. The van der Waals surface area contributed by atoms with Gasteiger partial charge in [0.2, 0.25) is 12.1 Å². The number of ether oxygens (including phenoxy) is 3. The van der Waals surface area contributed by atoms with E-state index < -0.39 is 18.1 Å². The molecule has 2 aromatic heterocycles. The van der Waals surface area contributed by atoms with E-state index >= 15 is 0 Å². The summed E-state index contributed by atoms with van der Waals surface area (Å²) in [6, 6.07) is 13.3. The summed E-state index contributed by atoms with van der Waals surface area (Å²) in [5.41, 5.74) is 1.25. The lowest BCUT2D eigenvalue weighted by molar-refractivity contribution is 0.0316. The van der Waals surface area contributed by atoms with Crippen LogP contribution in [-0.2, 0) is 4.74 Å². The number of rotatable bonds is 5. The number of para-hydroxylation sites is 1. The number of esters is 1. The summed E-state index contributed by atoms with van der Waals surface area (Å²) < 4.78 is 22.7. The first kappa shape index (κ1) is 20.3. The first-order valence-corrected chi connectivity index (χ1v) is 9.82. The predicted octanol–water partition coefficient (Wildman–Crippen LogP) is 4.60. The van der Waals surface area contributed by atoms with Crippen LogP contribution in [0.15, 0.2) is 69.4 Å². The molecular weight excluding hydrogens is 430 g/mol. The molecular formula is C23H17N3O7.